The van der Waals surface area contributed by atoms with E-state index < -0.39 is 6.04 Å². The van der Waals surface area contributed by atoms with E-state index in [0.29, 0.717) is 23.2 Å². The second-order valence-corrected chi connectivity index (χ2v) is 12.1. The lowest BCUT2D eigenvalue weighted by molar-refractivity contribution is 0.955. The van der Waals surface area contributed by atoms with E-state index in [1.165, 1.54) is 0 Å². The molecule has 0 amide bonds. The first kappa shape index (κ1) is 23.5. The average molecular weight is 645 g/mol. The van der Waals surface area contributed by atoms with Crippen molar-refractivity contribution in [3.8, 4) is 45.5 Å². The third-order valence-electron chi connectivity index (χ3n) is 9.27. The van der Waals surface area contributed by atoms with Crippen molar-refractivity contribution in [2.75, 3.05) is 0 Å². The highest BCUT2D eigenvalue weighted by atomic mass is 15.2. The Kier molecular flexibility index (Phi) is 5.35. The first-order valence-electron chi connectivity index (χ1n) is 18.9. The molecule has 7 aromatic carbocycles. The second-order valence-electron chi connectivity index (χ2n) is 12.1. The number of hydrogen-bond acceptors (Lipinski definition) is 3. The molecule has 0 spiro atoms. The van der Waals surface area contributed by atoms with Gasteiger partial charge in [-0.2, -0.15) is 9.97 Å². The van der Waals surface area contributed by atoms with Crippen molar-refractivity contribution in [2.45, 2.75) is 0 Å². The molecule has 0 atom stereocenters. The molecule has 3 aromatic heterocycles. The first-order chi connectivity index (χ1) is 26.9. The summed E-state index contributed by atoms with van der Waals surface area (Å²) in [7, 11) is 0. The van der Waals surface area contributed by atoms with E-state index in [9.17, 15) is 0 Å². The van der Waals surface area contributed by atoms with Gasteiger partial charge in [0.25, 0.3) is 0 Å². The number of aromatic nitrogens is 5. The van der Waals surface area contributed by atoms with Crippen LogP contribution in [0.4, 0.5) is 0 Å². The summed E-state index contributed by atoms with van der Waals surface area (Å²) in [6.45, 7) is 0. The molecule has 5 heteroatoms. The molecule has 0 saturated heterocycles. The Morgan fingerprint density at radius 3 is 1.64 bits per heavy atom. The van der Waals surface area contributed by atoms with Gasteiger partial charge in [-0.25, -0.2) is 4.98 Å². The Morgan fingerprint density at radius 1 is 0.400 bits per heavy atom. The van der Waals surface area contributed by atoms with Crippen LogP contribution in [-0.2, 0) is 0 Å². The van der Waals surface area contributed by atoms with E-state index in [1.54, 1.807) is 0 Å². The summed E-state index contributed by atoms with van der Waals surface area (Å²) >= 11 is 0. The van der Waals surface area contributed by atoms with Crippen LogP contribution in [0, 0.1) is 0 Å². The molecule has 50 heavy (non-hydrogen) atoms. The lowest BCUT2D eigenvalue weighted by Gasteiger charge is -2.12. The van der Waals surface area contributed by atoms with Gasteiger partial charge < -0.3 is 4.57 Å². The third-order valence-corrected chi connectivity index (χ3v) is 9.27. The SMILES string of the molecule is [2H]c1c([2H])c([2H])c(-c2ccc(-n3c4ccccc4c4c3ccc3c5ccccc5n(-c5nc(-c6ccccc6)nc(-c6ccccc6)n5)c34)cc2)c([2H])c1[2H]. The van der Waals surface area contributed by atoms with Crippen LogP contribution in [0.25, 0.3) is 89.2 Å². The van der Waals surface area contributed by atoms with Crippen LogP contribution in [0.2, 0.25) is 0 Å². The molecule has 0 aliphatic heterocycles. The highest BCUT2D eigenvalue weighted by Gasteiger charge is 2.23. The normalized spacial score (nSPS) is 13.0. The number of hydrogen-bond donors (Lipinski definition) is 0. The monoisotopic (exact) mass is 644 g/mol. The topological polar surface area (TPSA) is 48.5 Å². The standard InChI is InChI=1S/C45H29N5/c1-4-14-30(15-5-1)31-24-26-34(27-25-31)49-39-23-13-11-21-37(39)41-40(49)29-28-36-35-20-10-12-22-38(35)50(42(36)41)45-47-43(32-16-6-2-7-17-32)46-44(48-45)33-18-8-3-9-19-33/h1-29H/i1D,4D,5D,14D,15D. The number of benzene rings is 7. The van der Waals surface area contributed by atoms with Gasteiger partial charge in [-0.05, 0) is 41.5 Å². The number of fused-ring (bicyclic) bond motifs is 7. The molecule has 0 aliphatic carbocycles. The lowest BCUT2D eigenvalue weighted by Crippen LogP contribution is -2.06. The van der Waals surface area contributed by atoms with Gasteiger partial charge in [0.1, 0.15) is 0 Å². The van der Waals surface area contributed by atoms with E-state index in [-0.39, 0.29) is 29.7 Å². The average Bonchev–Trinajstić information content (AvgIpc) is 3.76. The van der Waals surface area contributed by atoms with Gasteiger partial charge >= 0.3 is 0 Å². The largest absolute Gasteiger partial charge is 0.309 e. The Balaban J connectivity index is 1.26. The minimum absolute atomic E-state index is 0.174. The lowest BCUT2D eigenvalue weighted by atomic mass is 10.1. The van der Waals surface area contributed by atoms with E-state index in [4.69, 9.17) is 21.8 Å². The smallest absolute Gasteiger partial charge is 0.238 e. The minimum Gasteiger partial charge on any atom is -0.309 e. The highest BCUT2D eigenvalue weighted by Crippen LogP contribution is 2.42. The maximum atomic E-state index is 8.53. The predicted molar refractivity (Wildman–Crippen MR) is 205 cm³/mol. The molecule has 0 N–H and O–H groups in total. The molecule has 5 nitrogen and oxygen atoms in total. The van der Waals surface area contributed by atoms with Gasteiger partial charge in [-0.15, -0.1) is 0 Å². The summed E-state index contributed by atoms with van der Waals surface area (Å²) in [5.41, 5.74) is 7.24. The fourth-order valence-corrected chi connectivity index (χ4v) is 7.06. The molecular weight excluding hydrogens is 611 g/mol. The summed E-state index contributed by atoms with van der Waals surface area (Å²) in [4.78, 5) is 15.3. The molecule has 3 heterocycles. The van der Waals surface area contributed by atoms with Gasteiger partial charge in [0.2, 0.25) is 5.95 Å². The molecule has 0 aliphatic rings. The van der Waals surface area contributed by atoms with Crippen LogP contribution in [0.3, 0.4) is 0 Å². The number of nitrogens with zero attached hydrogens (tertiary/aromatic N) is 5. The van der Waals surface area contributed by atoms with Crippen LogP contribution in [0.1, 0.15) is 6.85 Å². The highest BCUT2D eigenvalue weighted by molar-refractivity contribution is 6.26. The summed E-state index contributed by atoms with van der Waals surface area (Å²) < 4.78 is 45.8. The van der Waals surface area contributed by atoms with Crippen molar-refractivity contribution in [3.63, 3.8) is 0 Å². The third kappa shape index (κ3) is 4.45. The molecule has 234 valence electrons. The Bertz CT molecular complexity index is 3050. The Hall–Kier alpha value is -6.85. The molecule has 10 aromatic rings. The fourth-order valence-electron chi connectivity index (χ4n) is 7.06. The summed E-state index contributed by atoms with van der Waals surface area (Å²) in [5.74, 6) is 1.65. The van der Waals surface area contributed by atoms with E-state index in [0.717, 1.165) is 60.4 Å². The van der Waals surface area contributed by atoms with Gasteiger partial charge in [0, 0.05) is 38.4 Å². The zero-order valence-corrected chi connectivity index (χ0v) is 26.6. The van der Waals surface area contributed by atoms with Crippen LogP contribution >= 0.6 is 0 Å². The molecule has 0 radical (unpaired) electrons. The van der Waals surface area contributed by atoms with Crippen LogP contribution in [0.15, 0.2) is 176 Å². The molecular formula is C45H29N5. The van der Waals surface area contributed by atoms with Crippen LogP contribution in [-0.4, -0.2) is 24.1 Å². The van der Waals surface area contributed by atoms with Crippen molar-refractivity contribution in [2.24, 2.45) is 0 Å². The van der Waals surface area contributed by atoms with Crippen LogP contribution < -0.4 is 0 Å². The maximum Gasteiger partial charge on any atom is 0.238 e. The van der Waals surface area contributed by atoms with Crippen molar-refractivity contribution in [3.05, 3.63) is 176 Å². The molecule has 10 rings (SSSR count). The van der Waals surface area contributed by atoms with Crippen molar-refractivity contribution in [1.29, 1.82) is 0 Å². The van der Waals surface area contributed by atoms with Gasteiger partial charge in [-0.1, -0.05) is 145 Å². The van der Waals surface area contributed by atoms with E-state index in [2.05, 4.69) is 51.6 Å². The predicted octanol–water partition coefficient (Wildman–Crippen LogP) is 11.1. The maximum absolute atomic E-state index is 8.53. The number of para-hydroxylation sites is 2. The molecule has 0 saturated carbocycles. The quantitative estimate of drug-likeness (QED) is 0.187. The fraction of sp³-hybridized carbons (Fsp3) is 0. The molecule has 0 fully saturated rings. The second kappa shape index (κ2) is 11.4. The first-order valence-corrected chi connectivity index (χ1v) is 16.4. The zero-order valence-electron chi connectivity index (χ0n) is 31.6. The Labute approximate surface area is 295 Å². The van der Waals surface area contributed by atoms with Crippen molar-refractivity contribution >= 4 is 43.6 Å². The minimum atomic E-state index is -0.408. The van der Waals surface area contributed by atoms with Gasteiger partial charge in [0.15, 0.2) is 11.6 Å². The van der Waals surface area contributed by atoms with Gasteiger partial charge in [0.05, 0.1) is 28.9 Å². The summed E-state index contributed by atoms with van der Waals surface area (Å²) in [5, 5.41) is 4.21. The van der Waals surface area contributed by atoms with Gasteiger partial charge in [-0.3, -0.25) is 4.57 Å². The van der Waals surface area contributed by atoms with E-state index in [1.807, 2.05) is 103 Å². The molecule has 0 bridgehead atoms. The van der Waals surface area contributed by atoms with E-state index >= 15 is 0 Å². The Morgan fingerprint density at radius 2 is 0.980 bits per heavy atom. The zero-order chi connectivity index (χ0) is 37.4. The van der Waals surface area contributed by atoms with Crippen molar-refractivity contribution < 1.29 is 6.85 Å². The summed E-state index contributed by atoms with van der Waals surface area (Å²) in [6.07, 6.45) is 0. The molecule has 0 unspecified atom stereocenters. The van der Waals surface area contributed by atoms with Crippen molar-refractivity contribution in [1.82, 2.24) is 24.1 Å². The van der Waals surface area contributed by atoms with Crippen LogP contribution in [0.5, 0.6) is 0 Å². The summed E-state index contributed by atoms with van der Waals surface area (Å²) in [6, 6.07) is 46.8. The number of rotatable bonds is 5.